The van der Waals surface area contributed by atoms with E-state index in [0.29, 0.717) is 17.5 Å². The van der Waals surface area contributed by atoms with Crippen molar-refractivity contribution >= 4 is 21.6 Å². The van der Waals surface area contributed by atoms with Crippen molar-refractivity contribution < 1.29 is 31.1 Å². The maximum Gasteiger partial charge on any atom is 0.418 e. The molecule has 0 aliphatic carbocycles. The molecule has 2 rings (SSSR count). The van der Waals surface area contributed by atoms with Gasteiger partial charge in [0.25, 0.3) is 0 Å². The number of sulfonamides is 1. The zero-order valence-corrected chi connectivity index (χ0v) is 17.9. The third-order valence-corrected chi connectivity index (χ3v) is 5.50. The Kier molecular flexibility index (Phi) is 8.88. The summed E-state index contributed by atoms with van der Waals surface area (Å²) in [6.07, 6.45) is -3.82. The molecule has 0 unspecified atom stereocenters. The summed E-state index contributed by atoms with van der Waals surface area (Å²) in [4.78, 5) is 12.0. The van der Waals surface area contributed by atoms with Gasteiger partial charge in [0.1, 0.15) is 0 Å². The standard InChI is InChI=1S/C21H25F3N2O4S/c1-31(28,29)26(19-11-6-5-10-18(19)21(22,23)24)14-7-12-20(27)25-13-15-30-16-17-8-3-2-4-9-17/h2-6,8-11H,7,12-16H2,1H3,(H,25,27). The molecular weight excluding hydrogens is 433 g/mol. The van der Waals surface area contributed by atoms with Crippen LogP contribution in [-0.4, -0.2) is 40.3 Å². The number of hydrogen-bond donors (Lipinski definition) is 1. The summed E-state index contributed by atoms with van der Waals surface area (Å²) in [5.74, 6) is -0.333. The largest absolute Gasteiger partial charge is 0.418 e. The highest BCUT2D eigenvalue weighted by molar-refractivity contribution is 7.92. The Bertz CT molecular complexity index is 951. The summed E-state index contributed by atoms with van der Waals surface area (Å²) in [5.41, 5.74) is -0.485. The molecule has 1 N–H and O–H groups in total. The first-order chi connectivity index (χ1) is 14.6. The van der Waals surface area contributed by atoms with E-state index in [0.717, 1.165) is 24.0 Å². The number of para-hydroxylation sites is 1. The van der Waals surface area contributed by atoms with E-state index in [2.05, 4.69) is 5.32 Å². The minimum absolute atomic E-state index is 0.0289. The summed E-state index contributed by atoms with van der Waals surface area (Å²) in [6.45, 7) is 0.746. The van der Waals surface area contributed by atoms with Crippen LogP contribution in [0.4, 0.5) is 18.9 Å². The van der Waals surface area contributed by atoms with Gasteiger partial charge in [0, 0.05) is 19.5 Å². The summed E-state index contributed by atoms with van der Waals surface area (Å²) in [5, 5.41) is 2.64. The second-order valence-corrected chi connectivity index (χ2v) is 8.75. The number of alkyl halides is 3. The molecule has 10 heteroatoms. The number of rotatable bonds is 11. The number of amides is 1. The first kappa shape index (κ1) is 24.7. The summed E-state index contributed by atoms with van der Waals surface area (Å²) in [6, 6.07) is 14.0. The van der Waals surface area contributed by atoms with Crippen molar-refractivity contribution in [2.75, 3.05) is 30.3 Å². The molecule has 2 aromatic carbocycles. The van der Waals surface area contributed by atoms with Gasteiger partial charge >= 0.3 is 6.18 Å². The van der Waals surface area contributed by atoms with Crippen molar-refractivity contribution in [3.05, 3.63) is 65.7 Å². The number of carbonyl (C=O) groups is 1. The van der Waals surface area contributed by atoms with Crippen molar-refractivity contribution in [2.24, 2.45) is 0 Å². The van der Waals surface area contributed by atoms with Gasteiger partial charge in [0.2, 0.25) is 15.9 Å². The van der Waals surface area contributed by atoms with E-state index >= 15 is 0 Å². The molecule has 0 fully saturated rings. The predicted octanol–water partition coefficient (Wildman–Crippen LogP) is 3.58. The number of ether oxygens (including phenoxy) is 1. The molecule has 170 valence electrons. The van der Waals surface area contributed by atoms with Crippen LogP contribution in [0.1, 0.15) is 24.0 Å². The summed E-state index contributed by atoms with van der Waals surface area (Å²) < 4.78 is 70.1. The van der Waals surface area contributed by atoms with E-state index in [1.165, 1.54) is 12.1 Å². The number of anilines is 1. The number of halogens is 3. The van der Waals surface area contributed by atoms with Crippen molar-refractivity contribution in [3.8, 4) is 0 Å². The lowest BCUT2D eigenvalue weighted by molar-refractivity contribution is -0.137. The second kappa shape index (κ2) is 11.1. The highest BCUT2D eigenvalue weighted by Crippen LogP contribution is 2.37. The maximum absolute atomic E-state index is 13.3. The van der Waals surface area contributed by atoms with Crippen LogP contribution in [0.3, 0.4) is 0 Å². The smallest absolute Gasteiger partial charge is 0.375 e. The van der Waals surface area contributed by atoms with Gasteiger partial charge in [0.05, 0.1) is 30.7 Å². The molecule has 0 saturated heterocycles. The quantitative estimate of drug-likeness (QED) is 0.523. The van der Waals surface area contributed by atoms with Gasteiger partial charge in [-0.2, -0.15) is 13.2 Å². The van der Waals surface area contributed by atoms with Crippen molar-refractivity contribution in [3.63, 3.8) is 0 Å². The highest BCUT2D eigenvalue weighted by atomic mass is 32.2. The summed E-state index contributed by atoms with van der Waals surface area (Å²) >= 11 is 0. The molecule has 0 radical (unpaired) electrons. The predicted molar refractivity (Wildman–Crippen MR) is 112 cm³/mol. The molecule has 0 spiro atoms. The molecule has 2 aromatic rings. The lowest BCUT2D eigenvalue weighted by Crippen LogP contribution is -2.34. The molecule has 6 nitrogen and oxygen atoms in total. The van der Waals surface area contributed by atoms with Crippen LogP contribution in [0.2, 0.25) is 0 Å². The fraction of sp³-hybridized carbons (Fsp3) is 0.381. The number of nitrogens with one attached hydrogen (secondary N) is 1. The average molecular weight is 459 g/mol. The molecular formula is C21H25F3N2O4S. The van der Waals surface area contributed by atoms with Gasteiger partial charge in [-0.25, -0.2) is 8.42 Å². The van der Waals surface area contributed by atoms with Crippen molar-refractivity contribution in [2.45, 2.75) is 25.6 Å². The van der Waals surface area contributed by atoms with E-state index in [9.17, 15) is 26.4 Å². The fourth-order valence-corrected chi connectivity index (χ4v) is 3.87. The fourth-order valence-electron chi connectivity index (χ4n) is 2.89. The molecule has 31 heavy (non-hydrogen) atoms. The van der Waals surface area contributed by atoms with Gasteiger partial charge < -0.3 is 10.1 Å². The topological polar surface area (TPSA) is 75.7 Å². The Hall–Kier alpha value is -2.59. The first-order valence-electron chi connectivity index (χ1n) is 9.61. The van der Waals surface area contributed by atoms with E-state index in [4.69, 9.17) is 4.74 Å². The Morgan fingerprint density at radius 2 is 1.71 bits per heavy atom. The van der Waals surface area contributed by atoms with Gasteiger partial charge in [-0.3, -0.25) is 9.10 Å². The van der Waals surface area contributed by atoms with Crippen LogP contribution in [0, 0.1) is 0 Å². The third-order valence-electron chi connectivity index (χ3n) is 4.32. The molecule has 0 aliphatic rings. The molecule has 0 atom stereocenters. The van der Waals surface area contributed by atoms with Crippen LogP contribution in [-0.2, 0) is 32.3 Å². The van der Waals surface area contributed by atoms with Crippen LogP contribution in [0.5, 0.6) is 0 Å². The Morgan fingerprint density at radius 1 is 1.06 bits per heavy atom. The van der Waals surface area contributed by atoms with Crippen LogP contribution < -0.4 is 9.62 Å². The molecule has 1 amide bonds. The second-order valence-electron chi connectivity index (χ2n) is 6.84. The lowest BCUT2D eigenvalue weighted by atomic mass is 10.1. The molecule has 0 bridgehead atoms. The normalized spacial score (nSPS) is 11.9. The number of hydrogen-bond acceptors (Lipinski definition) is 4. The van der Waals surface area contributed by atoms with Gasteiger partial charge in [-0.05, 0) is 24.1 Å². The molecule has 0 heterocycles. The number of nitrogens with zero attached hydrogens (tertiary/aromatic N) is 1. The Balaban J connectivity index is 1.82. The van der Waals surface area contributed by atoms with E-state index in [-0.39, 0.29) is 31.8 Å². The van der Waals surface area contributed by atoms with Crippen LogP contribution in [0.15, 0.2) is 54.6 Å². The Labute approximate surface area is 180 Å². The zero-order valence-electron chi connectivity index (χ0n) is 17.1. The van der Waals surface area contributed by atoms with Crippen LogP contribution in [0.25, 0.3) is 0 Å². The third kappa shape index (κ3) is 8.22. The number of carbonyl (C=O) groups excluding carboxylic acids is 1. The zero-order chi connectivity index (χ0) is 22.9. The molecule has 0 aromatic heterocycles. The molecule has 0 saturated carbocycles. The Morgan fingerprint density at radius 3 is 2.35 bits per heavy atom. The van der Waals surface area contributed by atoms with E-state index in [1.807, 2.05) is 30.3 Å². The van der Waals surface area contributed by atoms with E-state index < -0.39 is 27.5 Å². The minimum Gasteiger partial charge on any atom is -0.375 e. The maximum atomic E-state index is 13.3. The van der Waals surface area contributed by atoms with Crippen LogP contribution >= 0.6 is 0 Å². The van der Waals surface area contributed by atoms with E-state index in [1.54, 1.807) is 0 Å². The minimum atomic E-state index is -4.70. The number of benzene rings is 2. The van der Waals surface area contributed by atoms with Gasteiger partial charge in [0.15, 0.2) is 0 Å². The molecule has 0 aliphatic heterocycles. The van der Waals surface area contributed by atoms with Crippen molar-refractivity contribution in [1.82, 2.24) is 5.32 Å². The van der Waals surface area contributed by atoms with Gasteiger partial charge in [-0.15, -0.1) is 0 Å². The lowest BCUT2D eigenvalue weighted by Gasteiger charge is -2.25. The summed E-state index contributed by atoms with van der Waals surface area (Å²) in [7, 11) is -3.97. The monoisotopic (exact) mass is 458 g/mol. The first-order valence-corrected chi connectivity index (χ1v) is 11.5. The highest BCUT2D eigenvalue weighted by Gasteiger charge is 2.36. The SMILES string of the molecule is CS(=O)(=O)N(CCCC(=O)NCCOCc1ccccc1)c1ccccc1C(F)(F)F. The van der Waals surface area contributed by atoms with Gasteiger partial charge in [-0.1, -0.05) is 42.5 Å². The van der Waals surface area contributed by atoms with Crippen molar-refractivity contribution in [1.29, 1.82) is 0 Å². The average Bonchev–Trinajstić information content (AvgIpc) is 2.70.